The summed E-state index contributed by atoms with van der Waals surface area (Å²) in [5.74, 6) is -0.454. The number of nitrogens with zero attached hydrogens (tertiary/aromatic N) is 7. The van der Waals surface area contributed by atoms with Crippen LogP contribution >= 0.6 is 11.6 Å². The fourth-order valence-corrected chi connectivity index (χ4v) is 5.30. The van der Waals surface area contributed by atoms with Crippen LogP contribution in [0.4, 0.5) is 30.6 Å². The van der Waals surface area contributed by atoms with E-state index in [-0.39, 0.29) is 35.1 Å². The summed E-state index contributed by atoms with van der Waals surface area (Å²) in [6.07, 6.45) is 0.635. The second-order valence-corrected chi connectivity index (χ2v) is 11.4. The number of anilines is 3. The third-order valence-corrected chi connectivity index (χ3v) is 7.97. The normalized spacial score (nSPS) is 23.2. The van der Waals surface area contributed by atoms with Crippen LogP contribution in [0.25, 0.3) is 0 Å². The van der Waals surface area contributed by atoms with Crippen LogP contribution in [0.1, 0.15) is 50.3 Å². The fourth-order valence-electron chi connectivity index (χ4n) is 5.17. The number of nitrogens with one attached hydrogen (secondary N) is 1. The van der Waals surface area contributed by atoms with Crippen LogP contribution in [0.5, 0.6) is 0 Å². The van der Waals surface area contributed by atoms with Gasteiger partial charge in [-0.2, -0.15) is 28.4 Å². The first-order valence-corrected chi connectivity index (χ1v) is 13.9. The molecular formula is C26H28ClF3N8O4. The predicted octanol–water partition coefficient (Wildman–Crippen LogP) is 3.36. The topological polar surface area (TPSA) is 129 Å². The zero-order chi connectivity index (χ0) is 29.6. The van der Waals surface area contributed by atoms with E-state index in [9.17, 15) is 22.8 Å². The Labute approximate surface area is 242 Å². The molecule has 0 bridgehead atoms. The maximum Gasteiger partial charge on any atom is 0.421 e. The molecule has 3 fully saturated rings. The van der Waals surface area contributed by atoms with Gasteiger partial charge in [0.15, 0.2) is 0 Å². The maximum absolute atomic E-state index is 13.9. The Bertz CT molecular complexity index is 1590. The quantitative estimate of drug-likeness (QED) is 0.406. The van der Waals surface area contributed by atoms with Gasteiger partial charge in [-0.1, -0.05) is 11.6 Å². The molecule has 224 valence electrons. The molecule has 3 aromatic heterocycles. The first kappa shape index (κ1) is 28.6. The Kier molecular flexibility index (Phi) is 7.43. The van der Waals surface area contributed by atoms with E-state index in [4.69, 9.17) is 21.1 Å². The molecule has 16 heteroatoms. The Morgan fingerprint density at radius 2 is 1.86 bits per heavy atom. The van der Waals surface area contributed by atoms with E-state index in [2.05, 4.69) is 25.5 Å². The van der Waals surface area contributed by atoms with Crippen LogP contribution in [0.2, 0.25) is 5.02 Å². The molecule has 5 heterocycles. The summed E-state index contributed by atoms with van der Waals surface area (Å²) in [6, 6.07) is 1.84. The molecule has 12 nitrogen and oxygen atoms in total. The molecule has 3 aliphatic rings. The molecule has 3 aromatic rings. The molecule has 2 aliphatic heterocycles. The number of alkyl halides is 3. The number of rotatable bonds is 8. The van der Waals surface area contributed by atoms with Gasteiger partial charge in [0.25, 0.3) is 11.1 Å². The second-order valence-electron chi connectivity index (χ2n) is 11.0. The number of halogens is 4. The molecule has 0 spiro atoms. The average Bonchev–Trinajstić information content (AvgIpc) is 3.30. The molecule has 42 heavy (non-hydrogen) atoms. The van der Waals surface area contributed by atoms with Crippen molar-refractivity contribution in [2.24, 2.45) is 0 Å². The van der Waals surface area contributed by atoms with Gasteiger partial charge >= 0.3 is 6.18 Å². The summed E-state index contributed by atoms with van der Waals surface area (Å²) in [5.41, 5.74) is -2.09. The van der Waals surface area contributed by atoms with Crippen LogP contribution in [-0.4, -0.2) is 67.5 Å². The third kappa shape index (κ3) is 5.85. The zero-order valence-electron chi connectivity index (χ0n) is 22.6. The maximum atomic E-state index is 13.9. The minimum Gasteiger partial charge on any atom is -0.379 e. The molecule has 3 atom stereocenters. The Hall–Kier alpha value is -3.56. The monoisotopic (exact) mass is 608 g/mol. The summed E-state index contributed by atoms with van der Waals surface area (Å²) in [7, 11) is 0. The van der Waals surface area contributed by atoms with Crippen LogP contribution in [0, 0.1) is 0 Å². The highest BCUT2D eigenvalue weighted by molar-refractivity contribution is 6.30. The molecule has 6 rings (SSSR count). The van der Waals surface area contributed by atoms with Crippen molar-refractivity contribution in [1.82, 2.24) is 29.5 Å². The van der Waals surface area contributed by atoms with Crippen molar-refractivity contribution in [3.8, 4) is 0 Å². The van der Waals surface area contributed by atoms with Gasteiger partial charge in [0.2, 0.25) is 5.95 Å². The van der Waals surface area contributed by atoms with Crippen molar-refractivity contribution in [2.75, 3.05) is 36.6 Å². The van der Waals surface area contributed by atoms with Crippen LogP contribution in [-0.2, 0) is 15.7 Å². The van der Waals surface area contributed by atoms with Crippen LogP contribution in [0.15, 0.2) is 40.3 Å². The molecule has 1 aliphatic carbocycles. The first-order valence-electron chi connectivity index (χ1n) is 13.5. The summed E-state index contributed by atoms with van der Waals surface area (Å²) < 4.78 is 55.7. The largest absolute Gasteiger partial charge is 0.421 e. The van der Waals surface area contributed by atoms with Crippen molar-refractivity contribution in [2.45, 2.75) is 62.5 Å². The Balaban J connectivity index is 1.40. The van der Waals surface area contributed by atoms with Gasteiger partial charge < -0.3 is 19.7 Å². The van der Waals surface area contributed by atoms with Crippen molar-refractivity contribution in [3.63, 3.8) is 0 Å². The number of aromatic nitrogens is 6. The third-order valence-electron chi connectivity index (χ3n) is 7.76. The highest BCUT2D eigenvalue weighted by atomic mass is 35.5. The summed E-state index contributed by atoms with van der Waals surface area (Å²) in [6.45, 7) is 2.98. The van der Waals surface area contributed by atoms with E-state index in [1.165, 1.54) is 38.8 Å². The van der Waals surface area contributed by atoms with Crippen LogP contribution in [0.3, 0.4) is 0 Å². The fraction of sp³-hybridized carbons (Fsp3) is 0.538. The van der Waals surface area contributed by atoms with Gasteiger partial charge in [-0.3, -0.25) is 9.59 Å². The lowest BCUT2D eigenvalue weighted by atomic mass is 10.1. The number of hydrogen-bond acceptors (Lipinski definition) is 10. The predicted molar refractivity (Wildman–Crippen MR) is 145 cm³/mol. The van der Waals surface area contributed by atoms with Crippen molar-refractivity contribution in [1.29, 1.82) is 0 Å². The molecule has 2 saturated heterocycles. The standard InChI is InChI=1S/C26H28ClF3N8O4/c1-25(4-5-25)35-23-18(26(28,29)30)12-31-24(34-23)36(17-9-22(40)37(33-11-17)16-2-6-41-14-16)13-20-19(3-7-42-20)38-21(39)8-15(27)10-32-38/h8-12,16,19-20H,2-7,13-14H2,1H3,(H,31,34,35). The average molecular weight is 609 g/mol. The lowest BCUT2D eigenvalue weighted by Gasteiger charge is -2.29. The van der Waals surface area contributed by atoms with Gasteiger partial charge in [-0.05, 0) is 32.6 Å². The van der Waals surface area contributed by atoms with E-state index in [1.54, 1.807) is 0 Å². The highest BCUT2D eigenvalue weighted by Gasteiger charge is 2.42. The minimum atomic E-state index is -4.69. The van der Waals surface area contributed by atoms with Crippen molar-refractivity contribution in [3.05, 3.63) is 62.0 Å². The first-order chi connectivity index (χ1) is 20.0. The van der Waals surface area contributed by atoms with E-state index in [1.807, 2.05) is 6.92 Å². The summed E-state index contributed by atoms with van der Waals surface area (Å²) >= 11 is 5.92. The van der Waals surface area contributed by atoms with Gasteiger partial charge in [0, 0.05) is 37.1 Å². The van der Waals surface area contributed by atoms with E-state index in [0.29, 0.717) is 45.5 Å². The lowest BCUT2D eigenvalue weighted by molar-refractivity contribution is -0.137. The summed E-state index contributed by atoms with van der Waals surface area (Å²) in [4.78, 5) is 35.7. The van der Waals surface area contributed by atoms with Gasteiger partial charge in [0.05, 0.1) is 54.4 Å². The van der Waals surface area contributed by atoms with E-state index < -0.39 is 40.5 Å². The van der Waals surface area contributed by atoms with Crippen molar-refractivity contribution >= 4 is 29.1 Å². The highest BCUT2D eigenvalue weighted by Crippen LogP contribution is 2.42. The van der Waals surface area contributed by atoms with Gasteiger partial charge in [-0.25, -0.2) is 14.3 Å². The van der Waals surface area contributed by atoms with Gasteiger partial charge in [-0.15, -0.1) is 0 Å². The minimum absolute atomic E-state index is 0.0127. The van der Waals surface area contributed by atoms with E-state index >= 15 is 0 Å². The molecule has 0 amide bonds. The zero-order valence-corrected chi connectivity index (χ0v) is 23.3. The molecule has 0 radical (unpaired) electrons. The SMILES string of the molecule is CC1(Nc2nc(N(CC3OCCC3n3ncc(Cl)cc3=O)c3cnn(C4CCOC4)c(=O)c3)ncc2C(F)(F)F)CC1. The molecular weight excluding hydrogens is 581 g/mol. The smallest absolute Gasteiger partial charge is 0.379 e. The van der Waals surface area contributed by atoms with Crippen molar-refractivity contribution < 1.29 is 22.6 Å². The molecule has 0 aromatic carbocycles. The second kappa shape index (κ2) is 10.9. The number of hydrogen-bond donors (Lipinski definition) is 1. The van der Waals surface area contributed by atoms with Gasteiger partial charge in [0.1, 0.15) is 11.4 Å². The Morgan fingerprint density at radius 1 is 1.10 bits per heavy atom. The molecule has 1 saturated carbocycles. The molecule has 1 N–H and O–H groups in total. The van der Waals surface area contributed by atoms with Crippen LogP contribution < -0.4 is 21.3 Å². The molecule has 3 unspecified atom stereocenters. The lowest BCUT2D eigenvalue weighted by Crippen LogP contribution is -2.39. The van der Waals surface area contributed by atoms with E-state index in [0.717, 1.165) is 6.20 Å². The Morgan fingerprint density at radius 3 is 2.52 bits per heavy atom. The summed E-state index contributed by atoms with van der Waals surface area (Å²) in [5, 5.41) is 11.6. The number of ether oxygens (including phenoxy) is 2.